The average molecular weight is 305 g/mol. The summed E-state index contributed by atoms with van der Waals surface area (Å²) in [4.78, 5) is 0.147. The third-order valence-corrected chi connectivity index (χ3v) is 4.79. The molecule has 4 nitrogen and oxygen atoms in total. The fourth-order valence-corrected chi connectivity index (χ4v) is 3.32. The van der Waals surface area contributed by atoms with Crippen molar-refractivity contribution in [3.8, 4) is 0 Å². The van der Waals surface area contributed by atoms with E-state index in [1.807, 2.05) is 6.92 Å². The smallest absolute Gasteiger partial charge is 0.240 e. The number of nitrogens with one attached hydrogen (secondary N) is 1. The quantitative estimate of drug-likeness (QED) is 0.600. The number of hydrogen-bond acceptors (Lipinski definition) is 3. The number of benzene rings is 1. The summed E-state index contributed by atoms with van der Waals surface area (Å²) in [5.74, 6) is 0. The van der Waals surface area contributed by atoms with Gasteiger partial charge in [0.15, 0.2) is 0 Å². The van der Waals surface area contributed by atoms with E-state index in [4.69, 9.17) is 17.3 Å². The highest BCUT2D eigenvalue weighted by Crippen LogP contribution is 2.22. The molecule has 0 amide bonds. The van der Waals surface area contributed by atoms with Crippen molar-refractivity contribution in [1.29, 1.82) is 0 Å². The van der Waals surface area contributed by atoms with Gasteiger partial charge in [-0.2, -0.15) is 0 Å². The molecule has 3 N–H and O–H groups in total. The first-order chi connectivity index (χ1) is 8.86. The molecule has 0 saturated heterocycles. The maximum Gasteiger partial charge on any atom is 0.240 e. The second-order valence-electron chi connectivity index (χ2n) is 4.70. The molecule has 0 saturated carbocycles. The van der Waals surface area contributed by atoms with Gasteiger partial charge in [-0.15, -0.1) is 0 Å². The summed E-state index contributed by atoms with van der Waals surface area (Å²) in [6.45, 7) is 3.98. The van der Waals surface area contributed by atoms with Crippen molar-refractivity contribution in [3.63, 3.8) is 0 Å². The number of anilines is 1. The summed E-state index contributed by atoms with van der Waals surface area (Å²) < 4.78 is 26.9. The number of hydrogen-bond donors (Lipinski definition) is 2. The lowest BCUT2D eigenvalue weighted by molar-refractivity contribution is 0.527. The molecule has 0 spiro atoms. The van der Waals surface area contributed by atoms with Crippen LogP contribution in [0.5, 0.6) is 0 Å². The van der Waals surface area contributed by atoms with Crippen LogP contribution >= 0.6 is 11.6 Å². The molecule has 1 rings (SSSR count). The molecule has 0 aliphatic rings. The minimum atomic E-state index is -3.53. The monoisotopic (exact) mass is 304 g/mol. The normalized spacial score (nSPS) is 13.4. The van der Waals surface area contributed by atoms with E-state index in [2.05, 4.69) is 11.6 Å². The van der Waals surface area contributed by atoms with Crippen LogP contribution in [0.25, 0.3) is 0 Å². The minimum Gasteiger partial charge on any atom is -0.398 e. The van der Waals surface area contributed by atoms with E-state index < -0.39 is 10.0 Å². The Morgan fingerprint density at radius 1 is 1.37 bits per heavy atom. The summed E-state index contributed by atoms with van der Waals surface area (Å²) in [7, 11) is -3.53. The average Bonchev–Trinajstić information content (AvgIpc) is 2.32. The Morgan fingerprint density at radius 2 is 2.05 bits per heavy atom. The van der Waals surface area contributed by atoms with Gasteiger partial charge in [0.25, 0.3) is 0 Å². The topological polar surface area (TPSA) is 72.2 Å². The zero-order chi connectivity index (χ0) is 14.5. The van der Waals surface area contributed by atoms with Gasteiger partial charge in [0, 0.05) is 6.04 Å². The summed E-state index contributed by atoms with van der Waals surface area (Å²) in [5.41, 5.74) is 5.94. The Kier molecular flexibility index (Phi) is 6.10. The zero-order valence-electron chi connectivity index (χ0n) is 11.3. The highest BCUT2D eigenvalue weighted by molar-refractivity contribution is 7.89. The van der Waals surface area contributed by atoms with Crippen molar-refractivity contribution in [2.75, 3.05) is 5.73 Å². The Balaban J connectivity index is 2.72. The van der Waals surface area contributed by atoms with Crippen LogP contribution in [0.2, 0.25) is 5.02 Å². The third-order valence-electron chi connectivity index (χ3n) is 2.88. The first-order valence-corrected chi connectivity index (χ1v) is 8.30. The Hall–Kier alpha value is -0.780. The van der Waals surface area contributed by atoms with Crippen molar-refractivity contribution in [2.24, 2.45) is 0 Å². The summed E-state index contributed by atoms with van der Waals surface area (Å²) in [5, 5.41) is 0.251. The van der Waals surface area contributed by atoms with Gasteiger partial charge in [0.2, 0.25) is 10.0 Å². The number of nitrogens with two attached hydrogens (primary N) is 1. The molecule has 0 radical (unpaired) electrons. The van der Waals surface area contributed by atoms with Gasteiger partial charge in [-0.1, -0.05) is 37.8 Å². The molecule has 6 heteroatoms. The first kappa shape index (κ1) is 16.3. The van der Waals surface area contributed by atoms with E-state index in [-0.39, 0.29) is 16.0 Å². The van der Waals surface area contributed by atoms with Crippen LogP contribution in [-0.2, 0) is 10.0 Å². The highest BCUT2D eigenvalue weighted by atomic mass is 35.5. The molecule has 1 aromatic carbocycles. The molecule has 108 valence electrons. The van der Waals surface area contributed by atoms with E-state index in [0.717, 1.165) is 25.7 Å². The molecule has 19 heavy (non-hydrogen) atoms. The van der Waals surface area contributed by atoms with Crippen LogP contribution in [0.15, 0.2) is 23.1 Å². The first-order valence-electron chi connectivity index (χ1n) is 6.44. The van der Waals surface area contributed by atoms with Gasteiger partial charge in [-0.3, -0.25) is 0 Å². The lowest BCUT2D eigenvalue weighted by Crippen LogP contribution is -2.32. The summed E-state index contributed by atoms with van der Waals surface area (Å²) in [6, 6.07) is 4.24. The van der Waals surface area contributed by atoms with E-state index in [9.17, 15) is 8.42 Å². The summed E-state index contributed by atoms with van der Waals surface area (Å²) >= 11 is 5.84. The second kappa shape index (κ2) is 7.12. The van der Waals surface area contributed by atoms with Gasteiger partial charge in [0.1, 0.15) is 0 Å². The number of unbranched alkanes of at least 4 members (excludes halogenated alkanes) is 2. The predicted octanol–water partition coefficient (Wildman–Crippen LogP) is 3.17. The van der Waals surface area contributed by atoms with Gasteiger partial charge >= 0.3 is 0 Å². The minimum absolute atomic E-state index is 0.0899. The zero-order valence-corrected chi connectivity index (χ0v) is 12.9. The molecular formula is C13H21ClN2O2S. The summed E-state index contributed by atoms with van der Waals surface area (Å²) in [6.07, 6.45) is 4.07. The molecule has 1 unspecified atom stereocenters. The largest absolute Gasteiger partial charge is 0.398 e. The van der Waals surface area contributed by atoms with E-state index in [1.165, 1.54) is 18.2 Å². The molecular weight excluding hydrogens is 284 g/mol. The van der Waals surface area contributed by atoms with Gasteiger partial charge < -0.3 is 5.73 Å². The maximum atomic E-state index is 12.1. The van der Waals surface area contributed by atoms with E-state index in [1.54, 1.807) is 0 Å². The van der Waals surface area contributed by atoms with Crippen molar-refractivity contribution in [1.82, 2.24) is 4.72 Å². The van der Waals surface area contributed by atoms with Crippen molar-refractivity contribution < 1.29 is 8.42 Å². The van der Waals surface area contributed by atoms with Crippen molar-refractivity contribution >= 4 is 27.3 Å². The van der Waals surface area contributed by atoms with Crippen LogP contribution in [0.3, 0.4) is 0 Å². The molecule has 0 bridgehead atoms. The SMILES string of the molecule is CCCCCC(C)NS(=O)(=O)c1ccc(N)c(Cl)c1. The Labute approximate surface area is 120 Å². The molecule has 0 heterocycles. The third kappa shape index (κ3) is 5.01. The second-order valence-corrected chi connectivity index (χ2v) is 6.82. The molecule has 1 aromatic rings. The molecule has 0 aliphatic heterocycles. The number of nitrogen functional groups attached to an aromatic ring is 1. The molecule has 0 aliphatic carbocycles. The van der Waals surface area contributed by atoms with Crippen LogP contribution in [0, 0.1) is 0 Å². The van der Waals surface area contributed by atoms with Gasteiger partial charge in [0.05, 0.1) is 15.6 Å². The molecule has 0 aromatic heterocycles. The Morgan fingerprint density at radius 3 is 2.63 bits per heavy atom. The molecule has 0 fully saturated rings. The van der Waals surface area contributed by atoms with Gasteiger partial charge in [-0.25, -0.2) is 13.1 Å². The predicted molar refractivity (Wildman–Crippen MR) is 79.8 cm³/mol. The van der Waals surface area contributed by atoms with Gasteiger partial charge in [-0.05, 0) is 31.5 Å². The Bertz CT molecular complexity index is 517. The fraction of sp³-hybridized carbons (Fsp3) is 0.538. The lowest BCUT2D eigenvalue weighted by Gasteiger charge is -2.14. The standard InChI is InChI=1S/C13H21ClN2O2S/c1-3-4-5-6-10(2)16-19(17,18)11-7-8-13(15)12(14)9-11/h7-10,16H,3-6,15H2,1-2H3. The van der Waals surface area contributed by atoms with Crippen molar-refractivity contribution in [2.45, 2.75) is 50.5 Å². The maximum absolute atomic E-state index is 12.1. The van der Waals surface area contributed by atoms with Crippen LogP contribution < -0.4 is 10.5 Å². The highest BCUT2D eigenvalue weighted by Gasteiger charge is 2.17. The number of sulfonamides is 1. The van der Waals surface area contributed by atoms with E-state index >= 15 is 0 Å². The molecule has 1 atom stereocenters. The van der Waals surface area contributed by atoms with Crippen molar-refractivity contribution in [3.05, 3.63) is 23.2 Å². The van der Waals surface area contributed by atoms with Crippen LogP contribution in [0.4, 0.5) is 5.69 Å². The van der Waals surface area contributed by atoms with Crippen LogP contribution in [0.1, 0.15) is 39.5 Å². The lowest BCUT2D eigenvalue weighted by atomic mass is 10.1. The van der Waals surface area contributed by atoms with E-state index in [0.29, 0.717) is 5.69 Å². The number of halogens is 1. The van der Waals surface area contributed by atoms with Crippen LogP contribution in [-0.4, -0.2) is 14.5 Å². The number of rotatable bonds is 7. The fourth-order valence-electron chi connectivity index (χ4n) is 1.77.